The maximum atomic E-state index is 4.78. The summed E-state index contributed by atoms with van der Waals surface area (Å²) in [6, 6.07) is 1.70. The lowest BCUT2D eigenvalue weighted by molar-refractivity contribution is 0.427. The molecule has 1 aromatic heterocycles. The van der Waals surface area contributed by atoms with Crippen LogP contribution in [0.4, 0.5) is 0 Å². The molecule has 1 rings (SSSR count). The van der Waals surface area contributed by atoms with Crippen molar-refractivity contribution in [3.63, 3.8) is 0 Å². The van der Waals surface area contributed by atoms with Gasteiger partial charge in [0.05, 0.1) is 7.11 Å². The molecule has 37 valence electrons. The van der Waals surface area contributed by atoms with Gasteiger partial charge >= 0.3 is 0 Å². The third kappa shape index (κ3) is 0.899. The normalized spacial score (nSPS) is 8.71. The zero-order valence-corrected chi connectivity index (χ0v) is 4.66. The first-order chi connectivity index (χ1) is 3.43. The molecule has 0 unspecified atom stereocenters. The lowest BCUT2D eigenvalue weighted by Gasteiger charge is -1.84. The molecule has 0 N–H and O–H groups in total. The largest absolute Gasteiger partial charge is 0.486 e. The molecular formula is C4H4NOS. The maximum absolute atomic E-state index is 4.78. The van der Waals surface area contributed by atoms with Crippen molar-refractivity contribution in [1.82, 2.24) is 4.37 Å². The molecule has 7 heavy (non-hydrogen) atoms. The molecule has 1 radical (unpaired) electrons. The van der Waals surface area contributed by atoms with E-state index in [-0.39, 0.29) is 0 Å². The Morgan fingerprint density at radius 1 is 2.00 bits per heavy atom. The molecule has 1 heterocycles. The Morgan fingerprint density at radius 2 is 2.86 bits per heavy atom. The Morgan fingerprint density at radius 3 is 3.14 bits per heavy atom. The molecule has 0 spiro atoms. The Bertz CT molecular complexity index is 126. The number of rotatable bonds is 1. The van der Waals surface area contributed by atoms with E-state index in [1.807, 2.05) is 0 Å². The standard InChI is InChI=1S/C4H4NOS/c1-6-4-2-3-5-7-4/h2H,1H3. The van der Waals surface area contributed by atoms with Crippen LogP contribution in [0.3, 0.4) is 0 Å². The molecule has 0 aromatic carbocycles. The topological polar surface area (TPSA) is 22.1 Å². The van der Waals surface area contributed by atoms with Crippen LogP contribution >= 0.6 is 11.5 Å². The number of methoxy groups -OCH3 is 1. The van der Waals surface area contributed by atoms with Gasteiger partial charge in [-0.3, -0.25) is 0 Å². The molecule has 0 aliphatic heterocycles. The van der Waals surface area contributed by atoms with E-state index in [1.54, 1.807) is 13.2 Å². The lowest BCUT2D eigenvalue weighted by atomic mass is 10.7. The minimum atomic E-state index is 0.806. The van der Waals surface area contributed by atoms with E-state index in [2.05, 4.69) is 10.6 Å². The summed E-state index contributed by atoms with van der Waals surface area (Å²) in [5.41, 5.74) is 0. The third-order valence-corrected chi connectivity index (χ3v) is 1.23. The van der Waals surface area contributed by atoms with Gasteiger partial charge in [0.1, 0.15) is 6.20 Å². The van der Waals surface area contributed by atoms with Crippen molar-refractivity contribution in [3.8, 4) is 5.06 Å². The SMILES string of the molecule is COc1c[c]ns1. The molecule has 3 heteroatoms. The van der Waals surface area contributed by atoms with Crippen LogP contribution in [0.5, 0.6) is 5.06 Å². The van der Waals surface area contributed by atoms with Gasteiger partial charge in [0.25, 0.3) is 0 Å². The predicted molar refractivity (Wildman–Crippen MR) is 27.5 cm³/mol. The van der Waals surface area contributed by atoms with E-state index in [9.17, 15) is 0 Å². The van der Waals surface area contributed by atoms with Gasteiger partial charge in [-0.05, 0) is 0 Å². The van der Waals surface area contributed by atoms with Crippen LogP contribution in [-0.2, 0) is 0 Å². The van der Waals surface area contributed by atoms with E-state index in [4.69, 9.17) is 4.74 Å². The Balaban J connectivity index is 2.76. The van der Waals surface area contributed by atoms with Gasteiger partial charge in [0, 0.05) is 17.6 Å². The molecule has 2 nitrogen and oxygen atoms in total. The first-order valence-electron chi connectivity index (χ1n) is 1.80. The molecule has 0 bridgehead atoms. The fourth-order valence-electron chi connectivity index (χ4n) is 0.273. The lowest BCUT2D eigenvalue weighted by Crippen LogP contribution is -1.73. The molecule has 0 atom stereocenters. The third-order valence-electron chi connectivity index (χ3n) is 0.572. The summed E-state index contributed by atoms with van der Waals surface area (Å²) in [5, 5.41) is 0.806. The van der Waals surface area contributed by atoms with Crippen molar-refractivity contribution in [2.75, 3.05) is 7.11 Å². The van der Waals surface area contributed by atoms with Gasteiger partial charge in [-0.1, -0.05) is 0 Å². The maximum Gasteiger partial charge on any atom is 0.193 e. The number of nitrogens with zero attached hydrogens (tertiary/aromatic N) is 1. The minimum absolute atomic E-state index is 0.806. The van der Waals surface area contributed by atoms with Crippen molar-refractivity contribution >= 4 is 11.5 Å². The van der Waals surface area contributed by atoms with Crippen molar-refractivity contribution in [1.29, 1.82) is 0 Å². The van der Waals surface area contributed by atoms with E-state index >= 15 is 0 Å². The van der Waals surface area contributed by atoms with Gasteiger partial charge < -0.3 is 4.74 Å². The monoisotopic (exact) mass is 114 g/mol. The first kappa shape index (κ1) is 4.59. The average Bonchev–Trinajstić information content (AvgIpc) is 2.14. The fourth-order valence-corrected chi connectivity index (χ4v) is 0.648. The molecule has 0 saturated carbocycles. The van der Waals surface area contributed by atoms with Gasteiger partial charge in [0.15, 0.2) is 5.06 Å². The highest BCUT2D eigenvalue weighted by Gasteiger charge is 1.86. The van der Waals surface area contributed by atoms with E-state index in [0.29, 0.717) is 0 Å². The second kappa shape index (κ2) is 1.93. The van der Waals surface area contributed by atoms with Gasteiger partial charge in [-0.2, -0.15) is 4.37 Å². The van der Waals surface area contributed by atoms with Crippen molar-refractivity contribution in [2.45, 2.75) is 0 Å². The first-order valence-corrected chi connectivity index (χ1v) is 2.57. The summed E-state index contributed by atoms with van der Waals surface area (Å²) in [7, 11) is 1.61. The minimum Gasteiger partial charge on any atom is -0.486 e. The zero-order valence-electron chi connectivity index (χ0n) is 3.84. The van der Waals surface area contributed by atoms with E-state index in [0.717, 1.165) is 5.06 Å². The second-order valence-corrected chi connectivity index (χ2v) is 1.75. The molecule has 0 fully saturated rings. The van der Waals surface area contributed by atoms with E-state index < -0.39 is 0 Å². The molecule has 0 aliphatic rings. The fraction of sp³-hybridized carbons (Fsp3) is 0.250. The Labute approximate surface area is 45.9 Å². The highest BCUT2D eigenvalue weighted by atomic mass is 32.1. The van der Waals surface area contributed by atoms with Crippen LogP contribution in [0.25, 0.3) is 0 Å². The Kier molecular flexibility index (Phi) is 1.26. The van der Waals surface area contributed by atoms with Crippen molar-refractivity contribution in [3.05, 3.63) is 12.3 Å². The molecular weight excluding hydrogens is 110 g/mol. The van der Waals surface area contributed by atoms with Crippen LogP contribution in [0.1, 0.15) is 0 Å². The molecule has 0 aliphatic carbocycles. The highest BCUT2D eigenvalue weighted by molar-refractivity contribution is 7.07. The molecule has 0 amide bonds. The summed E-state index contributed by atoms with van der Waals surface area (Å²) in [4.78, 5) is 0. The average molecular weight is 114 g/mol. The number of hydrogen-bond donors (Lipinski definition) is 0. The van der Waals surface area contributed by atoms with Crippen LogP contribution in [0, 0.1) is 6.20 Å². The predicted octanol–water partition coefficient (Wildman–Crippen LogP) is 0.952. The Hall–Kier alpha value is -0.570. The van der Waals surface area contributed by atoms with Gasteiger partial charge in [-0.25, -0.2) is 0 Å². The number of hydrogen-bond acceptors (Lipinski definition) is 3. The summed E-state index contributed by atoms with van der Waals surface area (Å²) in [5.74, 6) is 0. The molecule has 1 aromatic rings. The van der Waals surface area contributed by atoms with Crippen molar-refractivity contribution in [2.24, 2.45) is 0 Å². The summed E-state index contributed by atoms with van der Waals surface area (Å²) in [6.07, 6.45) is 2.62. The van der Waals surface area contributed by atoms with Crippen LogP contribution in [-0.4, -0.2) is 11.5 Å². The van der Waals surface area contributed by atoms with Gasteiger partial charge in [-0.15, -0.1) is 0 Å². The highest BCUT2D eigenvalue weighted by Crippen LogP contribution is 2.12. The second-order valence-electron chi connectivity index (χ2n) is 0.979. The smallest absolute Gasteiger partial charge is 0.193 e. The summed E-state index contributed by atoms with van der Waals surface area (Å²) in [6.45, 7) is 0. The van der Waals surface area contributed by atoms with E-state index in [1.165, 1.54) is 11.5 Å². The quantitative estimate of drug-likeness (QED) is 0.542. The van der Waals surface area contributed by atoms with Crippen LogP contribution in [0.2, 0.25) is 0 Å². The number of ether oxygens (including phenoxy) is 1. The van der Waals surface area contributed by atoms with Crippen LogP contribution < -0.4 is 4.74 Å². The van der Waals surface area contributed by atoms with Crippen molar-refractivity contribution < 1.29 is 4.74 Å². The number of aromatic nitrogens is 1. The molecule has 0 saturated heterocycles. The summed E-state index contributed by atoms with van der Waals surface area (Å²) >= 11 is 1.30. The summed E-state index contributed by atoms with van der Waals surface area (Å²) < 4.78 is 8.46. The zero-order chi connectivity index (χ0) is 5.11. The van der Waals surface area contributed by atoms with Crippen LogP contribution in [0.15, 0.2) is 6.07 Å². The van der Waals surface area contributed by atoms with Gasteiger partial charge in [0.2, 0.25) is 0 Å².